The van der Waals surface area contributed by atoms with Gasteiger partial charge >= 0.3 is 11.9 Å². The second kappa shape index (κ2) is 5.61. The molecule has 22 heavy (non-hydrogen) atoms. The molecule has 0 aliphatic heterocycles. The van der Waals surface area contributed by atoms with Gasteiger partial charge < -0.3 is 9.47 Å². The van der Waals surface area contributed by atoms with Crippen molar-refractivity contribution in [3.8, 4) is 12.1 Å². The summed E-state index contributed by atoms with van der Waals surface area (Å²) in [5, 5.41) is 19.5. The quantitative estimate of drug-likeness (QED) is 0.737. The Labute approximate surface area is 130 Å². The summed E-state index contributed by atoms with van der Waals surface area (Å²) in [6.07, 6.45) is 3.52. The molecule has 1 spiro atoms. The van der Waals surface area contributed by atoms with Crippen LogP contribution >= 0.6 is 0 Å². The van der Waals surface area contributed by atoms with Crippen LogP contribution in [-0.4, -0.2) is 25.2 Å². The van der Waals surface area contributed by atoms with E-state index in [9.17, 15) is 20.1 Å². The first kappa shape index (κ1) is 16.3. The topological polar surface area (TPSA) is 100 Å². The van der Waals surface area contributed by atoms with Gasteiger partial charge in [-0.25, -0.2) is 0 Å². The Bertz CT molecular complexity index is 524. The van der Waals surface area contributed by atoms with Gasteiger partial charge in [0.2, 0.25) is 0 Å². The van der Waals surface area contributed by atoms with Crippen LogP contribution in [0.2, 0.25) is 0 Å². The van der Waals surface area contributed by atoms with E-state index in [1.54, 1.807) is 13.8 Å². The predicted octanol–water partition coefficient (Wildman–Crippen LogP) is 2.10. The van der Waals surface area contributed by atoms with Gasteiger partial charge in [-0.1, -0.05) is 19.3 Å². The third-order valence-electron chi connectivity index (χ3n) is 5.14. The average molecular weight is 304 g/mol. The fourth-order valence-electron chi connectivity index (χ4n) is 4.25. The number of nitriles is 2. The molecule has 0 aromatic carbocycles. The molecular formula is C16H20N2O4. The fourth-order valence-corrected chi connectivity index (χ4v) is 4.25. The largest absolute Gasteiger partial charge is 0.465 e. The van der Waals surface area contributed by atoms with Gasteiger partial charge in [0.15, 0.2) is 10.8 Å². The maximum absolute atomic E-state index is 12.5. The maximum atomic E-state index is 12.5. The highest BCUT2D eigenvalue weighted by molar-refractivity contribution is 6.02. The van der Waals surface area contributed by atoms with Gasteiger partial charge in [0.25, 0.3) is 0 Å². The molecule has 0 bridgehead atoms. The van der Waals surface area contributed by atoms with Crippen LogP contribution in [0.5, 0.6) is 0 Å². The smallest absolute Gasteiger partial charge is 0.329 e. The lowest BCUT2D eigenvalue weighted by Gasteiger charge is -2.24. The van der Waals surface area contributed by atoms with Gasteiger partial charge in [-0.3, -0.25) is 9.59 Å². The van der Waals surface area contributed by atoms with E-state index in [4.69, 9.17) is 9.47 Å². The molecule has 118 valence electrons. The Hall–Kier alpha value is -2.08. The predicted molar refractivity (Wildman–Crippen MR) is 74.9 cm³/mol. The van der Waals surface area contributed by atoms with Crippen LogP contribution in [0.15, 0.2) is 0 Å². The summed E-state index contributed by atoms with van der Waals surface area (Å²) in [5.41, 5.74) is -4.45. The lowest BCUT2D eigenvalue weighted by atomic mass is 9.78. The molecule has 0 unspecified atom stereocenters. The third-order valence-corrected chi connectivity index (χ3v) is 5.14. The Kier molecular flexibility index (Phi) is 4.15. The van der Waals surface area contributed by atoms with Crippen molar-refractivity contribution in [2.45, 2.75) is 46.0 Å². The van der Waals surface area contributed by atoms with Gasteiger partial charge in [0.05, 0.1) is 25.4 Å². The van der Waals surface area contributed by atoms with Crippen molar-refractivity contribution in [1.29, 1.82) is 10.5 Å². The molecule has 0 heterocycles. The number of carbonyl (C=O) groups excluding carboxylic acids is 2. The van der Waals surface area contributed by atoms with Gasteiger partial charge in [-0.15, -0.1) is 0 Å². The molecule has 2 rings (SSSR count). The van der Waals surface area contributed by atoms with Crippen molar-refractivity contribution in [1.82, 2.24) is 0 Å². The van der Waals surface area contributed by atoms with Gasteiger partial charge in [0.1, 0.15) is 0 Å². The standard InChI is InChI=1S/C16H20N2O4/c1-3-21-12(19)15(10-17)14(8-6-5-7-9-14)16(15,11-18)13(20)22-4-2/h3-9H2,1-2H3/t15-,16-/m1/s1. The highest BCUT2D eigenvalue weighted by atomic mass is 16.5. The van der Waals surface area contributed by atoms with Crippen LogP contribution in [0.1, 0.15) is 46.0 Å². The van der Waals surface area contributed by atoms with E-state index in [1.807, 2.05) is 12.1 Å². The Morgan fingerprint density at radius 1 is 0.909 bits per heavy atom. The molecule has 6 heteroatoms. The molecular weight excluding hydrogens is 284 g/mol. The van der Waals surface area contributed by atoms with E-state index in [0.29, 0.717) is 12.8 Å². The number of nitrogens with zero attached hydrogens (tertiary/aromatic N) is 2. The van der Waals surface area contributed by atoms with Crippen molar-refractivity contribution < 1.29 is 19.1 Å². The molecule has 2 fully saturated rings. The third kappa shape index (κ3) is 1.58. The van der Waals surface area contributed by atoms with Crippen molar-refractivity contribution in [3.05, 3.63) is 0 Å². The molecule has 2 atom stereocenters. The lowest BCUT2D eigenvalue weighted by molar-refractivity contribution is -0.155. The number of hydrogen-bond acceptors (Lipinski definition) is 6. The van der Waals surface area contributed by atoms with Crippen molar-refractivity contribution in [3.63, 3.8) is 0 Å². The number of ether oxygens (including phenoxy) is 2. The van der Waals surface area contributed by atoms with Crippen LogP contribution in [0.25, 0.3) is 0 Å². The van der Waals surface area contributed by atoms with E-state index < -0.39 is 28.2 Å². The van der Waals surface area contributed by atoms with E-state index >= 15 is 0 Å². The van der Waals surface area contributed by atoms with Crippen molar-refractivity contribution >= 4 is 11.9 Å². The minimum absolute atomic E-state index is 0.0999. The SMILES string of the molecule is CCOC(=O)[C@]1(C#N)C2(CCCCC2)[C@@]1(C#N)C(=O)OCC. The van der Waals surface area contributed by atoms with Crippen LogP contribution in [0, 0.1) is 38.9 Å². The van der Waals surface area contributed by atoms with Crippen LogP contribution in [-0.2, 0) is 19.1 Å². The number of carbonyl (C=O) groups is 2. The Balaban J connectivity index is 2.58. The summed E-state index contributed by atoms with van der Waals surface area (Å²) in [4.78, 5) is 25.0. The first-order valence-corrected chi connectivity index (χ1v) is 7.71. The summed E-state index contributed by atoms with van der Waals surface area (Å²) in [7, 11) is 0. The van der Waals surface area contributed by atoms with Gasteiger partial charge in [-0.05, 0) is 26.7 Å². The number of esters is 2. The molecule has 0 N–H and O–H groups in total. The molecule has 2 saturated carbocycles. The first-order valence-electron chi connectivity index (χ1n) is 7.71. The zero-order valence-corrected chi connectivity index (χ0v) is 13.0. The minimum atomic E-state index is -1.74. The normalized spacial score (nSPS) is 31.6. The van der Waals surface area contributed by atoms with Gasteiger partial charge in [0, 0.05) is 5.41 Å². The van der Waals surface area contributed by atoms with Crippen LogP contribution < -0.4 is 0 Å². The van der Waals surface area contributed by atoms with Gasteiger partial charge in [-0.2, -0.15) is 10.5 Å². The summed E-state index contributed by atoms with van der Waals surface area (Å²) < 4.78 is 10.1. The lowest BCUT2D eigenvalue weighted by Crippen LogP contribution is -2.30. The van der Waals surface area contributed by atoms with E-state index in [-0.39, 0.29) is 13.2 Å². The Morgan fingerprint density at radius 3 is 1.64 bits per heavy atom. The second-order valence-electron chi connectivity index (χ2n) is 5.81. The monoisotopic (exact) mass is 304 g/mol. The van der Waals surface area contributed by atoms with Crippen molar-refractivity contribution in [2.75, 3.05) is 13.2 Å². The summed E-state index contributed by atoms with van der Waals surface area (Å²) >= 11 is 0. The molecule has 6 nitrogen and oxygen atoms in total. The zero-order valence-electron chi connectivity index (χ0n) is 13.0. The molecule has 0 radical (unpaired) electrons. The highest BCUT2D eigenvalue weighted by Gasteiger charge is 2.96. The van der Waals surface area contributed by atoms with E-state index in [0.717, 1.165) is 19.3 Å². The maximum Gasteiger partial charge on any atom is 0.329 e. The van der Waals surface area contributed by atoms with Crippen LogP contribution in [0.4, 0.5) is 0 Å². The fraction of sp³-hybridized carbons (Fsp3) is 0.750. The second-order valence-corrected chi connectivity index (χ2v) is 5.81. The number of rotatable bonds is 4. The minimum Gasteiger partial charge on any atom is -0.465 e. The molecule has 0 saturated heterocycles. The zero-order chi connectivity index (χ0) is 16.4. The average Bonchev–Trinajstić information content (AvgIpc) is 3.04. The molecule has 0 amide bonds. The summed E-state index contributed by atoms with van der Waals surface area (Å²) in [5.74, 6) is -1.54. The first-order chi connectivity index (χ1) is 10.5. The summed E-state index contributed by atoms with van der Waals surface area (Å²) in [6, 6.07) is 3.96. The van der Waals surface area contributed by atoms with E-state index in [2.05, 4.69) is 0 Å². The highest BCUT2D eigenvalue weighted by Crippen LogP contribution is 2.83. The number of hydrogen-bond donors (Lipinski definition) is 0. The summed E-state index contributed by atoms with van der Waals surface area (Å²) in [6.45, 7) is 3.47. The van der Waals surface area contributed by atoms with E-state index in [1.165, 1.54) is 0 Å². The Morgan fingerprint density at radius 2 is 1.32 bits per heavy atom. The molecule has 2 aliphatic carbocycles. The molecule has 0 aromatic heterocycles. The van der Waals surface area contributed by atoms with Crippen LogP contribution in [0.3, 0.4) is 0 Å². The molecule has 0 aromatic rings. The molecule has 2 aliphatic rings. The van der Waals surface area contributed by atoms with Crippen molar-refractivity contribution in [2.24, 2.45) is 16.2 Å².